The molecule has 11 atom stereocenters. The monoisotopic (exact) mass is 611 g/mol. The van der Waals surface area contributed by atoms with Crippen molar-refractivity contribution in [3.8, 4) is 0 Å². The highest BCUT2D eigenvalue weighted by atomic mass is 31.2. The Labute approximate surface area is 265 Å². The number of rotatable bonds is 6. The van der Waals surface area contributed by atoms with Crippen LogP contribution in [0.4, 0.5) is 0 Å². The van der Waals surface area contributed by atoms with Gasteiger partial charge in [-0.1, -0.05) is 75.4 Å². The maximum absolute atomic E-state index is 12.3. The highest BCUT2D eigenvalue weighted by Crippen LogP contribution is 2.69. The number of fused-ring (bicyclic) bond motifs is 5. The third-order valence-electron chi connectivity index (χ3n) is 13.7. The van der Waals surface area contributed by atoms with Gasteiger partial charge in [-0.05, 0) is 128 Å². The van der Waals surface area contributed by atoms with Crippen LogP contribution in [-0.4, -0.2) is 39.8 Å². The second kappa shape index (κ2) is 11.6. The lowest BCUT2D eigenvalue weighted by Crippen LogP contribution is -2.62. The van der Waals surface area contributed by atoms with Crippen molar-refractivity contribution < 1.29 is 15.3 Å². The summed E-state index contributed by atoms with van der Waals surface area (Å²) in [4.78, 5) is 0. The number of aliphatic hydroxyl groups is 3. The Bertz CT molecular complexity index is 1320. The third kappa shape index (κ3) is 4.67. The predicted molar refractivity (Wildman–Crippen MR) is 183 cm³/mol. The van der Waals surface area contributed by atoms with E-state index in [4.69, 9.17) is 0 Å². The molecular formula is C40H52O3P+. The minimum absolute atomic E-state index is 0.101. The van der Waals surface area contributed by atoms with Crippen LogP contribution in [-0.2, 0) is 0 Å². The Morgan fingerprint density at radius 2 is 1.25 bits per heavy atom. The molecular weight excluding hydrogens is 559 g/mol. The molecule has 0 aromatic heterocycles. The minimum atomic E-state index is -1.99. The van der Waals surface area contributed by atoms with Crippen molar-refractivity contribution in [3.05, 3.63) is 91.0 Å². The average molecular weight is 612 g/mol. The first-order valence-corrected chi connectivity index (χ1v) is 19.3. The Kier molecular flexibility index (Phi) is 8.10. The van der Waals surface area contributed by atoms with Gasteiger partial charge in [0, 0.05) is 0 Å². The molecule has 4 aliphatic rings. The summed E-state index contributed by atoms with van der Waals surface area (Å²) in [5, 5.41) is 38.8. The van der Waals surface area contributed by atoms with E-state index in [0.29, 0.717) is 29.6 Å². The van der Waals surface area contributed by atoms with E-state index in [1.165, 1.54) is 15.9 Å². The number of aliphatic hydroxyl groups excluding tert-OH is 3. The Morgan fingerprint density at radius 3 is 1.80 bits per heavy atom. The molecule has 3 aromatic rings. The summed E-state index contributed by atoms with van der Waals surface area (Å²) in [6, 6.07) is 33.6. The van der Waals surface area contributed by atoms with Gasteiger partial charge in [0.1, 0.15) is 23.2 Å². The maximum Gasteiger partial charge on any atom is 0.112 e. The van der Waals surface area contributed by atoms with Crippen molar-refractivity contribution in [1.29, 1.82) is 0 Å². The maximum atomic E-state index is 12.3. The zero-order valence-electron chi connectivity index (χ0n) is 26.8. The van der Waals surface area contributed by atoms with Crippen molar-refractivity contribution in [2.24, 2.45) is 46.3 Å². The molecule has 3 aromatic carbocycles. The zero-order chi connectivity index (χ0) is 30.7. The van der Waals surface area contributed by atoms with Crippen molar-refractivity contribution in [3.63, 3.8) is 0 Å². The second-order valence-electron chi connectivity index (χ2n) is 15.5. The van der Waals surface area contributed by atoms with E-state index in [9.17, 15) is 15.3 Å². The van der Waals surface area contributed by atoms with Gasteiger partial charge in [0.05, 0.1) is 24.5 Å². The molecule has 0 radical (unpaired) electrons. The Morgan fingerprint density at radius 1 is 0.705 bits per heavy atom. The number of hydrogen-bond donors (Lipinski definition) is 3. The fourth-order valence-corrected chi connectivity index (χ4v) is 16.2. The van der Waals surface area contributed by atoms with Crippen molar-refractivity contribution in [1.82, 2.24) is 0 Å². The summed E-state index contributed by atoms with van der Waals surface area (Å²) in [6.07, 6.45) is 6.61. The quantitative estimate of drug-likeness (QED) is 0.276. The average Bonchev–Trinajstić information content (AvgIpc) is 3.41. The van der Waals surface area contributed by atoms with Gasteiger partial charge in [-0.15, -0.1) is 0 Å². The molecule has 0 heterocycles. The summed E-state index contributed by atoms with van der Waals surface area (Å²) >= 11 is 0. The van der Waals surface area contributed by atoms with E-state index in [1.807, 2.05) is 0 Å². The fraction of sp³-hybridized carbons (Fsp3) is 0.550. The van der Waals surface area contributed by atoms with Crippen molar-refractivity contribution in [2.45, 2.75) is 84.0 Å². The van der Waals surface area contributed by atoms with Gasteiger partial charge in [-0.3, -0.25) is 0 Å². The molecule has 0 aliphatic heterocycles. The molecule has 4 heteroatoms. The molecule has 4 aliphatic carbocycles. The third-order valence-corrected chi connectivity index (χ3v) is 18.3. The van der Waals surface area contributed by atoms with Gasteiger partial charge in [-0.2, -0.15) is 0 Å². The van der Waals surface area contributed by atoms with Crippen LogP contribution in [0.5, 0.6) is 0 Å². The first-order valence-electron chi connectivity index (χ1n) is 17.3. The van der Waals surface area contributed by atoms with E-state index in [-0.39, 0.29) is 35.1 Å². The van der Waals surface area contributed by atoms with Crippen LogP contribution in [0, 0.1) is 46.3 Å². The lowest BCUT2D eigenvalue weighted by molar-refractivity contribution is -0.206. The zero-order valence-corrected chi connectivity index (χ0v) is 27.7. The van der Waals surface area contributed by atoms with Crippen LogP contribution in [0.3, 0.4) is 0 Å². The second-order valence-corrected chi connectivity index (χ2v) is 19.0. The van der Waals surface area contributed by atoms with Crippen LogP contribution in [0.1, 0.15) is 65.7 Å². The van der Waals surface area contributed by atoms with E-state index >= 15 is 0 Å². The lowest BCUT2D eigenvalue weighted by Gasteiger charge is -2.63. The topological polar surface area (TPSA) is 60.7 Å². The van der Waals surface area contributed by atoms with Crippen LogP contribution in [0.15, 0.2) is 91.0 Å². The largest absolute Gasteiger partial charge is 0.393 e. The molecule has 4 saturated carbocycles. The predicted octanol–water partition coefficient (Wildman–Crippen LogP) is 6.58. The molecule has 0 saturated heterocycles. The molecule has 4 fully saturated rings. The fourth-order valence-electron chi connectivity index (χ4n) is 11.5. The van der Waals surface area contributed by atoms with Gasteiger partial charge < -0.3 is 15.3 Å². The highest BCUT2D eigenvalue weighted by Gasteiger charge is 2.66. The van der Waals surface area contributed by atoms with Gasteiger partial charge in [0.15, 0.2) is 0 Å². The molecule has 0 unspecified atom stereocenters. The number of hydrogen-bond acceptors (Lipinski definition) is 3. The molecule has 3 N–H and O–H groups in total. The molecule has 0 spiro atoms. The standard InChI is InChI=1S/C40H52O3P/c1-27(26-44(30-13-7-4-8-14-30,31-15-9-5-10-16-31)32-17-11-6-12-18-32)33-19-20-34-38-35(25-37(43)40(33,34)3)39(2)22-21-29(41)23-28(39)24-36(38)42/h4-18,27-29,33-38,41-43H,19-26H2,1-3H3/q+1/t27-,28+,29-,33-,34+,35+,36-,37+,38+,39+,40-/m1/s1. The highest BCUT2D eigenvalue weighted by molar-refractivity contribution is 7.95. The van der Waals surface area contributed by atoms with E-state index in [2.05, 4.69) is 112 Å². The molecule has 0 amide bonds. The summed E-state index contributed by atoms with van der Waals surface area (Å²) < 4.78 is 0. The SMILES string of the molecule is C[C@H](C[P+](c1ccccc1)(c1ccccc1)c1ccccc1)[C@H]1CC[C@H]2[C@@H]3[C@H](O)C[C@@H]4C[C@H](O)CC[C@]4(C)[C@H]3C[C@H](O)[C@]12C. The van der Waals surface area contributed by atoms with Crippen LogP contribution in [0.2, 0.25) is 0 Å². The summed E-state index contributed by atoms with van der Waals surface area (Å²) in [5.74, 6) is 2.05. The van der Waals surface area contributed by atoms with Crippen LogP contribution < -0.4 is 15.9 Å². The minimum Gasteiger partial charge on any atom is -0.393 e. The van der Waals surface area contributed by atoms with Gasteiger partial charge >= 0.3 is 0 Å². The smallest absolute Gasteiger partial charge is 0.112 e. The first kappa shape index (κ1) is 30.6. The molecule has 0 bridgehead atoms. The van der Waals surface area contributed by atoms with E-state index < -0.39 is 7.26 Å². The van der Waals surface area contributed by atoms with E-state index in [1.54, 1.807) is 0 Å². The van der Waals surface area contributed by atoms with Crippen LogP contribution >= 0.6 is 7.26 Å². The summed E-state index contributed by atoms with van der Waals surface area (Å²) in [5.41, 5.74) is -0.109. The Balaban J connectivity index is 1.26. The molecule has 7 rings (SSSR count). The Hall–Kier alpha value is -2.03. The lowest BCUT2D eigenvalue weighted by atomic mass is 9.43. The molecule has 44 heavy (non-hydrogen) atoms. The van der Waals surface area contributed by atoms with Gasteiger partial charge in [0.25, 0.3) is 0 Å². The first-order chi connectivity index (χ1) is 21.2. The normalized spacial score (nSPS) is 39.1. The van der Waals surface area contributed by atoms with E-state index in [0.717, 1.165) is 51.1 Å². The van der Waals surface area contributed by atoms with Gasteiger partial charge in [-0.25, -0.2) is 0 Å². The van der Waals surface area contributed by atoms with Crippen molar-refractivity contribution >= 4 is 23.2 Å². The van der Waals surface area contributed by atoms with Gasteiger partial charge in [0.2, 0.25) is 0 Å². The molecule has 234 valence electrons. The summed E-state index contributed by atoms with van der Waals surface area (Å²) in [7, 11) is -1.99. The number of benzene rings is 3. The van der Waals surface area contributed by atoms with Crippen molar-refractivity contribution in [2.75, 3.05) is 6.16 Å². The van der Waals surface area contributed by atoms with Crippen LogP contribution in [0.25, 0.3) is 0 Å². The molecule has 3 nitrogen and oxygen atoms in total. The summed E-state index contributed by atoms with van der Waals surface area (Å²) in [6.45, 7) is 7.29.